The fourth-order valence-corrected chi connectivity index (χ4v) is 2.52. The van der Waals surface area contributed by atoms with E-state index in [2.05, 4.69) is 10.4 Å². The Bertz CT molecular complexity index is 349. The molecule has 18 heavy (non-hydrogen) atoms. The lowest BCUT2D eigenvalue weighted by atomic mass is 9.98. The van der Waals surface area contributed by atoms with Crippen LogP contribution in [0.3, 0.4) is 0 Å². The van der Waals surface area contributed by atoms with Crippen LogP contribution < -0.4 is 11.1 Å². The molecule has 3 N–H and O–H groups in total. The van der Waals surface area contributed by atoms with Crippen molar-refractivity contribution < 1.29 is 4.79 Å². The van der Waals surface area contributed by atoms with Crippen LogP contribution in [-0.4, -0.2) is 28.3 Å². The zero-order chi connectivity index (χ0) is 12.1. The van der Waals surface area contributed by atoms with Gasteiger partial charge < -0.3 is 11.1 Å². The summed E-state index contributed by atoms with van der Waals surface area (Å²) in [6.45, 7) is 0.797. The first-order valence-corrected chi connectivity index (χ1v) is 6.26. The molecule has 0 bridgehead atoms. The van der Waals surface area contributed by atoms with Crippen molar-refractivity contribution in [2.24, 2.45) is 11.7 Å². The van der Waals surface area contributed by atoms with E-state index in [-0.39, 0.29) is 30.9 Å². The lowest BCUT2D eigenvalue weighted by molar-refractivity contribution is -0.122. The van der Waals surface area contributed by atoms with Crippen LogP contribution in [0.15, 0.2) is 18.5 Å². The van der Waals surface area contributed by atoms with Crippen LogP contribution in [0.5, 0.6) is 0 Å². The van der Waals surface area contributed by atoms with Crippen LogP contribution in [0.2, 0.25) is 0 Å². The molecule has 0 aliphatic heterocycles. The Morgan fingerprint density at radius 2 is 2.22 bits per heavy atom. The fraction of sp³-hybridized carbons (Fsp3) is 0.667. The van der Waals surface area contributed by atoms with Gasteiger partial charge in [0.1, 0.15) is 6.54 Å². The van der Waals surface area contributed by atoms with E-state index in [4.69, 9.17) is 5.73 Å². The second kappa shape index (κ2) is 7.38. The summed E-state index contributed by atoms with van der Waals surface area (Å²) in [7, 11) is 0. The molecule has 0 saturated heterocycles. The van der Waals surface area contributed by atoms with Crippen molar-refractivity contribution in [3.8, 4) is 0 Å². The molecule has 2 rings (SSSR count). The molecule has 5 nitrogen and oxygen atoms in total. The molecule has 6 heteroatoms. The van der Waals surface area contributed by atoms with Crippen molar-refractivity contribution in [1.29, 1.82) is 0 Å². The van der Waals surface area contributed by atoms with E-state index in [0.717, 1.165) is 0 Å². The maximum atomic E-state index is 11.8. The van der Waals surface area contributed by atoms with Gasteiger partial charge in [0.25, 0.3) is 0 Å². The average Bonchev–Trinajstić information content (AvgIpc) is 2.97. The fourth-order valence-electron chi connectivity index (χ4n) is 2.52. The van der Waals surface area contributed by atoms with E-state index >= 15 is 0 Å². The third kappa shape index (κ3) is 3.99. The SMILES string of the molecule is Cl.NCC(NC(=O)Cn1cccn1)C1CCCC1. The summed E-state index contributed by atoms with van der Waals surface area (Å²) in [5.74, 6) is 0.553. The van der Waals surface area contributed by atoms with Crippen LogP contribution in [0.1, 0.15) is 25.7 Å². The van der Waals surface area contributed by atoms with Crippen LogP contribution >= 0.6 is 12.4 Å². The molecule has 0 radical (unpaired) electrons. The molecule has 1 aliphatic carbocycles. The van der Waals surface area contributed by atoms with Gasteiger partial charge in [-0.2, -0.15) is 5.10 Å². The van der Waals surface area contributed by atoms with Gasteiger partial charge in [-0.05, 0) is 24.8 Å². The minimum atomic E-state index is -0.00366. The van der Waals surface area contributed by atoms with Crippen molar-refractivity contribution in [3.05, 3.63) is 18.5 Å². The van der Waals surface area contributed by atoms with Crippen molar-refractivity contribution in [2.75, 3.05) is 6.54 Å². The third-order valence-corrected chi connectivity index (χ3v) is 3.43. The smallest absolute Gasteiger partial charge is 0.242 e. The number of hydrogen-bond acceptors (Lipinski definition) is 3. The standard InChI is InChI=1S/C12H20N4O.ClH/c13-8-11(10-4-1-2-5-10)15-12(17)9-16-7-3-6-14-16;/h3,6-7,10-11H,1-2,4-5,8-9,13H2,(H,15,17);1H. The average molecular weight is 273 g/mol. The second-order valence-corrected chi connectivity index (χ2v) is 4.66. The lowest BCUT2D eigenvalue weighted by Gasteiger charge is -2.23. The maximum Gasteiger partial charge on any atom is 0.242 e. The number of carbonyl (C=O) groups excluding carboxylic acids is 1. The highest BCUT2D eigenvalue weighted by molar-refractivity contribution is 5.85. The molecule has 0 aromatic carbocycles. The zero-order valence-corrected chi connectivity index (χ0v) is 11.2. The molecule has 1 aromatic heterocycles. The number of amides is 1. The Kier molecular flexibility index (Phi) is 6.15. The van der Waals surface area contributed by atoms with Gasteiger partial charge in [-0.1, -0.05) is 12.8 Å². The zero-order valence-electron chi connectivity index (χ0n) is 10.4. The molecule has 1 fully saturated rings. The van der Waals surface area contributed by atoms with Crippen LogP contribution in [0.4, 0.5) is 0 Å². The molecule has 1 amide bonds. The number of aromatic nitrogens is 2. The molecule has 0 spiro atoms. The molecule has 1 atom stereocenters. The van der Waals surface area contributed by atoms with Crippen molar-refractivity contribution in [3.63, 3.8) is 0 Å². The Morgan fingerprint density at radius 1 is 1.50 bits per heavy atom. The normalized spacial score (nSPS) is 17.2. The highest BCUT2D eigenvalue weighted by Crippen LogP contribution is 2.27. The molecule has 102 valence electrons. The predicted molar refractivity (Wildman–Crippen MR) is 72.4 cm³/mol. The van der Waals surface area contributed by atoms with Gasteiger partial charge in [-0.3, -0.25) is 9.48 Å². The molecule has 1 saturated carbocycles. The van der Waals surface area contributed by atoms with Crippen molar-refractivity contribution in [1.82, 2.24) is 15.1 Å². The maximum absolute atomic E-state index is 11.8. The first-order valence-electron chi connectivity index (χ1n) is 6.26. The van der Waals surface area contributed by atoms with E-state index in [1.807, 2.05) is 6.07 Å². The van der Waals surface area contributed by atoms with E-state index in [1.54, 1.807) is 17.1 Å². The van der Waals surface area contributed by atoms with Gasteiger partial charge in [-0.15, -0.1) is 12.4 Å². The minimum Gasteiger partial charge on any atom is -0.350 e. The largest absolute Gasteiger partial charge is 0.350 e. The van der Waals surface area contributed by atoms with Crippen LogP contribution in [0, 0.1) is 5.92 Å². The minimum absolute atomic E-state index is 0. The summed E-state index contributed by atoms with van der Waals surface area (Å²) < 4.78 is 1.62. The number of nitrogens with one attached hydrogen (secondary N) is 1. The first-order chi connectivity index (χ1) is 8.29. The van der Waals surface area contributed by atoms with Crippen LogP contribution in [-0.2, 0) is 11.3 Å². The van der Waals surface area contributed by atoms with Crippen LogP contribution in [0.25, 0.3) is 0 Å². The lowest BCUT2D eigenvalue weighted by Crippen LogP contribution is -2.45. The highest BCUT2D eigenvalue weighted by atomic mass is 35.5. The van der Waals surface area contributed by atoms with Crippen molar-refractivity contribution in [2.45, 2.75) is 38.3 Å². The monoisotopic (exact) mass is 272 g/mol. The molecular weight excluding hydrogens is 252 g/mol. The number of halogens is 1. The summed E-state index contributed by atoms with van der Waals surface area (Å²) in [5.41, 5.74) is 5.74. The first kappa shape index (κ1) is 15.0. The molecule has 1 heterocycles. The number of nitrogens with zero attached hydrogens (tertiary/aromatic N) is 2. The highest BCUT2D eigenvalue weighted by Gasteiger charge is 2.25. The summed E-state index contributed by atoms with van der Waals surface area (Å²) in [6, 6.07) is 1.94. The van der Waals surface area contributed by atoms with E-state index in [1.165, 1.54) is 25.7 Å². The molecule has 1 unspecified atom stereocenters. The molecular formula is C12H21ClN4O. The number of rotatable bonds is 5. The van der Waals surface area contributed by atoms with E-state index in [9.17, 15) is 4.79 Å². The van der Waals surface area contributed by atoms with Gasteiger partial charge in [-0.25, -0.2) is 0 Å². The van der Waals surface area contributed by atoms with E-state index in [0.29, 0.717) is 12.5 Å². The topological polar surface area (TPSA) is 72.9 Å². The van der Waals surface area contributed by atoms with Gasteiger partial charge in [0.2, 0.25) is 5.91 Å². The molecule has 1 aromatic rings. The summed E-state index contributed by atoms with van der Waals surface area (Å²) >= 11 is 0. The summed E-state index contributed by atoms with van der Waals surface area (Å²) in [5, 5.41) is 7.03. The van der Waals surface area contributed by atoms with Gasteiger partial charge in [0.15, 0.2) is 0 Å². The quantitative estimate of drug-likeness (QED) is 0.838. The Hall–Kier alpha value is -1.07. The van der Waals surface area contributed by atoms with Gasteiger partial charge in [0.05, 0.1) is 0 Å². The Labute approximate surface area is 114 Å². The Balaban J connectivity index is 0.00000162. The van der Waals surface area contributed by atoms with E-state index < -0.39 is 0 Å². The summed E-state index contributed by atoms with van der Waals surface area (Å²) in [4.78, 5) is 11.8. The third-order valence-electron chi connectivity index (χ3n) is 3.43. The van der Waals surface area contributed by atoms with Gasteiger partial charge >= 0.3 is 0 Å². The number of hydrogen-bond donors (Lipinski definition) is 2. The van der Waals surface area contributed by atoms with Crippen molar-refractivity contribution >= 4 is 18.3 Å². The summed E-state index contributed by atoms with van der Waals surface area (Å²) in [6.07, 6.45) is 8.34. The number of carbonyl (C=O) groups is 1. The number of nitrogens with two attached hydrogens (primary N) is 1. The predicted octanol–water partition coefficient (Wildman–Crippen LogP) is 0.939. The second-order valence-electron chi connectivity index (χ2n) is 4.66. The van der Waals surface area contributed by atoms with Gasteiger partial charge in [0, 0.05) is 25.0 Å². The molecule has 1 aliphatic rings. The Morgan fingerprint density at radius 3 is 2.78 bits per heavy atom.